The Kier molecular flexibility index (Phi) is 4.79. The number of hydrogen-bond donors (Lipinski definition) is 3. The highest BCUT2D eigenvalue weighted by molar-refractivity contribution is 5.96. The molecule has 0 spiro atoms. The molecular weight excluding hydrogens is 302 g/mol. The zero-order valence-electron chi connectivity index (χ0n) is 13.4. The Morgan fingerprint density at radius 2 is 1.67 bits per heavy atom. The normalized spacial score (nSPS) is 13.3. The van der Waals surface area contributed by atoms with Crippen LogP contribution in [0.4, 0.5) is 11.4 Å². The number of carbonyl (C=O) groups excluding carboxylic acids is 2. The summed E-state index contributed by atoms with van der Waals surface area (Å²) >= 11 is 0. The van der Waals surface area contributed by atoms with Crippen LogP contribution in [0.15, 0.2) is 48.5 Å². The topological polar surface area (TPSA) is 84.2 Å². The molecule has 0 heterocycles. The molecule has 5 nitrogen and oxygen atoms in total. The zero-order chi connectivity index (χ0) is 16.9. The average molecular weight is 323 g/mol. The minimum Gasteiger partial charge on any atom is -0.399 e. The fraction of sp³-hybridized carbons (Fsp3) is 0.263. The van der Waals surface area contributed by atoms with Crippen molar-refractivity contribution in [1.82, 2.24) is 5.32 Å². The third-order valence-corrected chi connectivity index (χ3v) is 4.04. The molecule has 3 rings (SSSR count). The second-order valence-corrected chi connectivity index (χ2v) is 6.09. The first-order valence-electron chi connectivity index (χ1n) is 8.15. The quantitative estimate of drug-likeness (QED) is 0.714. The van der Waals surface area contributed by atoms with Crippen LogP contribution in [0.5, 0.6) is 0 Å². The third-order valence-electron chi connectivity index (χ3n) is 4.04. The molecule has 2 amide bonds. The van der Waals surface area contributed by atoms with Gasteiger partial charge < -0.3 is 16.4 Å². The van der Waals surface area contributed by atoms with E-state index in [1.54, 1.807) is 24.3 Å². The van der Waals surface area contributed by atoms with E-state index >= 15 is 0 Å². The number of nitrogen functional groups attached to an aromatic ring is 1. The maximum absolute atomic E-state index is 12.1. The van der Waals surface area contributed by atoms with E-state index in [4.69, 9.17) is 5.73 Å². The molecule has 0 radical (unpaired) electrons. The van der Waals surface area contributed by atoms with Gasteiger partial charge >= 0.3 is 0 Å². The van der Waals surface area contributed by atoms with Crippen LogP contribution in [0.25, 0.3) is 0 Å². The summed E-state index contributed by atoms with van der Waals surface area (Å²) in [7, 11) is 0. The first-order valence-corrected chi connectivity index (χ1v) is 8.15. The molecule has 124 valence electrons. The molecule has 4 N–H and O–H groups in total. The number of benzene rings is 2. The van der Waals surface area contributed by atoms with Crippen LogP contribution in [0, 0.1) is 5.92 Å². The maximum Gasteiger partial charge on any atom is 0.251 e. The Labute approximate surface area is 141 Å². The van der Waals surface area contributed by atoms with Gasteiger partial charge in [-0.15, -0.1) is 0 Å². The summed E-state index contributed by atoms with van der Waals surface area (Å²) in [5, 5.41) is 5.75. The van der Waals surface area contributed by atoms with Gasteiger partial charge in [-0.05, 0) is 61.2 Å². The standard InChI is InChI=1S/C19H21N3O2/c20-16-7-1-13(2-8-16)11-12-21-18(23)14-5-9-17(10-6-14)22-19(24)15-3-4-15/h1-2,5-10,15H,3-4,11-12,20H2,(H,21,23)(H,22,24). The first kappa shape index (κ1) is 16.1. The molecule has 0 aromatic heterocycles. The number of rotatable bonds is 6. The molecule has 0 aliphatic heterocycles. The van der Waals surface area contributed by atoms with E-state index in [0.29, 0.717) is 12.1 Å². The Morgan fingerprint density at radius 3 is 2.29 bits per heavy atom. The van der Waals surface area contributed by atoms with Crippen LogP contribution in [0.2, 0.25) is 0 Å². The van der Waals surface area contributed by atoms with E-state index in [1.807, 2.05) is 24.3 Å². The molecule has 2 aromatic carbocycles. The minimum absolute atomic E-state index is 0.0655. The van der Waals surface area contributed by atoms with Gasteiger partial charge in [0.1, 0.15) is 0 Å². The van der Waals surface area contributed by atoms with E-state index in [-0.39, 0.29) is 17.7 Å². The molecule has 2 aromatic rings. The monoisotopic (exact) mass is 323 g/mol. The largest absolute Gasteiger partial charge is 0.399 e. The molecule has 1 aliphatic carbocycles. The van der Waals surface area contributed by atoms with Crippen molar-refractivity contribution in [3.63, 3.8) is 0 Å². The zero-order valence-corrected chi connectivity index (χ0v) is 13.4. The van der Waals surface area contributed by atoms with E-state index < -0.39 is 0 Å². The van der Waals surface area contributed by atoms with Gasteiger partial charge in [0.25, 0.3) is 5.91 Å². The number of nitrogens with two attached hydrogens (primary N) is 1. The first-order chi connectivity index (χ1) is 11.6. The van der Waals surface area contributed by atoms with Crippen LogP contribution in [0.3, 0.4) is 0 Å². The van der Waals surface area contributed by atoms with E-state index in [0.717, 1.165) is 36.2 Å². The lowest BCUT2D eigenvalue weighted by molar-refractivity contribution is -0.117. The van der Waals surface area contributed by atoms with Crippen molar-refractivity contribution in [2.45, 2.75) is 19.3 Å². The summed E-state index contributed by atoms with van der Waals surface area (Å²) in [5.74, 6) is 0.113. The fourth-order valence-electron chi connectivity index (χ4n) is 2.40. The number of amides is 2. The van der Waals surface area contributed by atoms with Gasteiger partial charge in [-0.3, -0.25) is 9.59 Å². The van der Waals surface area contributed by atoms with Crippen molar-refractivity contribution in [3.8, 4) is 0 Å². The summed E-state index contributed by atoms with van der Waals surface area (Å²) in [6, 6.07) is 14.6. The highest BCUT2D eigenvalue weighted by Gasteiger charge is 2.29. The number of hydrogen-bond acceptors (Lipinski definition) is 3. The summed E-state index contributed by atoms with van der Waals surface area (Å²) < 4.78 is 0. The highest BCUT2D eigenvalue weighted by Crippen LogP contribution is 2.30. The molecular formula is C19H21N3O2. The Bertz CT molecular complexity index is 719. The summed E-state index contributed by atoms with van der Waals surface area (Å²) in [6.45, 7) is 0.558. The van der Waals surface area contributed by atoms with Gasteiger partial charge in [0, 0.05) is 29.4 Å². The van der Waals surface area contributed by atoms with Crippen LogP contribution < -0.4 is 16.4 Å². The Morgan fingerprint density at radius 1 is 1.00 bits per heavy atom. The molecule has 5 heteroatoms. The summed E-state index contributed by atoms with van der Waals surface area (Å²) in [5.41, 5.74) is 8.81. The SMILES string of the molecule is Nc1ccc(CCNC(=O)c2ccc(NC(=O)C3CC3)cc2)cc1. The molecule has 1 fully saturated rings. The van der Waals surface area contributed by atoms with Gasteiger partial charge in [0.15, 0.2) is 0 Å². The van der Waals surface area contributed by atoms with Crippen molar-refractivity contribution in [1.29, 1.82) is 0 Å². The molecule has 0 saturated heterocycles. The average Bonchev–Trinajstić information content (AvgIpc) is 3.42. The molecule has 0 unspecified atom stereocenters. The Hall–Kier alpha value is -2.82. The molecule has 24 heavy (non-hydrogen) atoms. The van der Waals surface area contributed by atoms with Crippen molar-refractivity contribution in [2.24, 2.45) is 5.92 Å². The molecule has 0 bridgehead atoms. The molecule has 0 atom stereocenters. The van der Waals surface area contributed by atoms with Crippen molar-refractivity contribution < 1.29 is 9.59 Å². The Balaban J connectivity index is 1.47. The third kappa shape index (κ3) is 4.35. The summed E-state index contributed by atoms with van der Waals surface area (Å²) in [6.07, 6.45) is 2.70. The number of anilines is 2. The lowest BCUT2D eigenvalue weighted by Gasteiger charge is -2.07. The van der Waals surface area contributed by atoms with Gasteiger partial charge in [-0.25, -0.2) is 0 Å². The molecule has 1 aliphatic rings. The number of nitrogens with one attached hydrogen (secondary N) is 2. The predicted molar refractivity (Wildman–Crippen MR) is 94.7 cm³/mol. The lowest BCUT2D eigenvalue weighted by atomic mass is 10.1. The second kappa shape index (κ2) is 7.17. The van der Waals surface area contributed by atoms with E-state index in [9.17, 15) is 9.59 Å². The smallest absolute Gasteiger partial charge is 0.251 e. The van der Waals surface area contributed by atoms with Crippen LogP contribution in [-0.2, 0) is 11.2 Å². The van der Waals surface area contributed by atoms with Crippen LogP contribution >= 0.6 is 0 Å². The second-order valence-electron chi connectivity index (χ2n) is 6.09. The van der Waals surface area contributed by atoms with E-state index in [1.165, 1.54) is 0 Å². The van der Waals surface area contributed by atoms with Gasteiger partial charge in [-0.1, -0.05) is 12.1 Å². The lowest BCUT2D eigenvalue weighted by Crippen LogP contribution is -2.25. The maximum atomic E-state index is 12.1. The number of carbonyl (C=O) groups is 2. The molecule has 1 saturated carbocycles. The van der Waals surface area contributed by atoms with Crippen molar-refractivity contribution >= 4 is 23.2 Å². The van der Waals surface area contributed by atoms with Crippen molar-refractivity contribution in [3.05, 3.63) is 59.7 Å². The highest BCUT2D eigenvalue weighted by atomic mass is 16.2. The van der Waals surface area contributed by atoms with Crippen LogP contribution in [0.1, 0.15) is 28.8 Å². The fourth-order valence-corrected chi connectivity index (χ4v) is 2.40. The van der Waals surface area contributed by atoms with Gasteiger partial charge in [0.2, 0.25) is 5.91 Å². The minimum atomic E-state index is -0.120. The van der Waals surface area contributed by atoms with E-state index in [2.05, 4.69) is 10.6 Å². The predicted octanol–water partition coefficient (Wildman–Crippen LogP) is 2.59. The van der Waals surface area contributed by atoms with Crippen molar-refractivity contribution in [2.75, 3.05) is 17.6 Å². The van der Waals surface area contributed by atoms with Crippen LogP contribution in [-0.4, -0.2) is 18.4 Å². The van der Waals surface area contributed by atoms with Gasteiger partial charge in [-0.2, -0.15) is 0 Å². The summed E-state index contributed by atoms with van der Waals surface area (Å²) in [4.78, 5) is 23.8. The van der Waals surface area contributed by atoms with Gasteiger partial charge in [0.05, 0.1) is 0 Å².